The first-order chi connectivity index (χ1) is 17.5. The average molecular weight is 538 g/mol. The van der Waals surface area contributed by atoms with Gasteiger partial charge >= 0.3 is 6.55 Å². The van der Waals surface area contributed by atoms with Gasteiger partial charge in [-0.15, -0.1) is 0 Å². The molecule has 1 aromatic heterocycles. The van der Waals surface area contributed by atoms with E-state index in [4.69, 9.17) is 16.3 Å². The van der Waals surface area contributed by atoms with E-state index < -0.39 is 59.6 Å². The molecular formula is C25H20ClF4N3O4. The van der Waals surface area contributed by atoms with Gasteiger partial charge in [0.1, 0.15) is 29.1 Å². The summed E-state index contributed by atoms with van der Waals surface area (Å²) in [5.74, 6) is -5.15. The van der Waals surface area contributed by atoms with Crippen molar-refractivity contribution in [3.8, 4) is 5.75 Å². The van der Waals surface area contributed by atoms with Crippen molar-refractivity contribution in [1.29, 1.82) is 0 Å². The molecule has 2 aromatic carbocycles. The van der Waals surface area contributed by atoms with Crippen LogP contribution in [0.4, 0.5) is 23.2 Å². The molecule has 2 amide bonds. The standard InChI is InChI=1S/C25H20ClF4N3O4/c1-12-7-8-32(25(29)30)24(36)21(12)33-11-16(19-17(27)9-15(37-2)10-18(19)28)20(23(33)35)31-22(34)13-3-5-14(26)6-4-13/h3-10,16,20,25H,11H2,1-2H3,(H,31,34)/t16-,20-/m0/s1. The molecule has 1 N–H and O–H groups in total. The first-order valence-electron chi connectivity index (χ1n) is 10.9. The normalized spacial score (nSPS) is 17.4. The first-order valence-corrected chi connectivity index (χ1v) is 11.3. The molecule has 1 fully saturated rings. The van der Waals surface area contributed by atoms with Crippen LogP contribution in [0.5, 0.6) is 5.75 Å². The largest absolute Gasteiger partial charge is 0.497 e. The van der Waals surface area contributed by atoms with Crippen molar-refractivity contribution in [3.05, 3.63) is 92.4 Å². The molecule has 0 spiro atoms. The van der Waals surface area contributed by atoms with Gasteiger partial charge in [-0.25, -0.2) is 8.78 Å². The van der Waals surface area contributed by atoms with Crippen LogP contribution >= 0.6 is 11.6 Å². The van der Waals surface area contributed by atoms with Gasteiger partial charge in [-0.1, -0.05) is 11.6 Å². The SMILES string of the molecule is COc1cc(F)c([C@@H]2CN(c3c(C)ccn(C(F)F)c3=O)C(=O)[C@H]2NC(=O)c2ccc(Cl)cc2)c(F)c1. The van der Waals surface area contributed by atoms with E-state index in [9.17, 15) is 23.2 Å². The first kappa shape index (κ1) is 26.2. The van der Waals surface area contributed by atoms with Gasteiger partial charge in [0.05, 0.1) is 7.11 Å². The smallest absolute Gasteiger partial charge is 0.321 e. The Balaban J connectivity index is 1.82. The number of hydrogen-bond acceptors (Lipinski definition) is 4. The van der Waals surface area contributed by atoms with E-state index in [1.807, 2.05) is 0 Å². The maximum Gasteiger partial charge on any atom is 0.321 e. The van der Waals surface area contributed by atoms with E-state index in [2.05, 4.69) is 5.32 Å². The Morgan fingerprint density at radius 2 is 1.73 bits per heavy atom. The number of pyridine rings is 1. The number of nitrogens with one attached hydrogen (secondary N) is 1. The van der Waals surface area contributed by atoms with Gasteiger partial charge in [0.2, 0.25) is 5.91 Å². The number of aryl methyl sites for hydroxylation is 1. The zero-order valence-corrected chi connectivity index (χ0v) is 20.2. The minimum absolute atomic E-state index is 0.111. The molecule has 2 heterocycles. The molecule has 1 aliphatic rings. The topological polar surface area (TPSA) is 80.6 Å². The Morgan fingerprint density at radius 1 is 1.11 bits per heavy atom. The third-order valence-corrected chi connectivity index (χ3v) is 6.39. The van der Waals surface area contributed by atoms with Gasteiger partial charge in [0, 0.05) is 46.9 Å². The minimum Gasteiger partial charge on any atom is -0.497 e. The molecule has 2 atom stereocenters. The van der Waals surface area contributed by atoms with E-state index in [0.29, 0.717) is 5.02 Å². The number of hydrogen-bond donors (Lipinski definition) is 1. The van der Waals surface area contributed by atoms with Crippen LogP contribution < -0.4 is 20.5 Å². The number of ether oxygens (including phenoxy) is 1. The van der Waals surface area contributed by atoms with Crippen LogP contribution in [0.2, 0.25) is 5.02 Å². The summed E-state index contributed by atoms with van der Waals surface area (Å²) < 4.78 is 61.9. The van der Waals surface area contributed by atoms with Crippen molar-refractivity contribution in [2.24, 2.45) is 0 Å². The third-order valence-electron chi connectivity index (χ3n) is 6.14. The van der Waals surface area contributed by atoms with Gasteiger partial charge in [-0.3, -0.25) is 19.0 Å². The molecule has 1 aliphatic heterocycles. The number of rotatable bonds is 6. The Labute approximate surface area is 213 Å². The predicted molar refractivity (Wildman–Crippen MR) is 127 cm³/mol. The lowest BCUT2D eigenvalue weighted by Crippen LogP contribution is -2.45. The lowest BCUT2D eigenvalue weighted by Gasteiger charge is -2.20. The molecule has 12 heteroatoms. The van der Waals surface area contributed by atoms with Crippen molar-refractivity contribution >= 4 is 29.1 Å². The molecule has 7 nitrogen and oxygen atoms in total. The van der Waals surface area contributed by atoms with E-state index in [-0.39, 0.29) is 27.1 Å². The summed E-state index contributed by atoms with van der Waals surface area (Å²) in [7, 11) is 1.22. The number of carbonyl (C=O) groups excluding carboxylic acids is 2. The number of halogens is 5. The number of methoxy groups -OCH3 is 1. The van der Waals surface area contributed by atoms with Crippen molar-refractivity contribution in [2.75, 3.05) is 18.6 Å². The lowest BCUT2D eigenvalue weighted by atomic mass is 9.92. The van der Waals surface area contributed by atoms with Crippen LogP contribution in [-0.4, -0.2) is 36.1 Å². The van der Waals surface area contributed by atoms with E-state index in [1.165, 1.54) is 44.4 Å². The fourth-order valence-electron chi connectivity index (χ4n) is 4.32. The van der Waals surface area contributed by atoms with Crippen molar-refractivity contribution in [1.82, 2.24) is 9.88 Å². The number of anilines is 1. The Kier molecular flexibility index (Phi) is 7.26. The summed E-state index contributed by atoms with van der Waals surface area (Å²) in [5, 5.41) is 2.83. The van der Waals surface area contributed by atoms with Gasteiger partial charge in [-0.05, 0) is 42.8 Å². The monoisotopic (exact) mass is 537 g/mol. The molecule has 194 valence electrons. The highest BCUT2D eigenvalue weighted by molar-refractivity contribution is 6.30. The highest BCUT2D eigenvalue weighted by Crippen LogP contribution is 2.36. The second kappa shape index (κ2) is 10.3. The van der Waals surface area contributed by atoms with E-state index in [0.717, 1.165) is 23.2 Å². The molecule has 0 aliphatic carbocycles. The zero-order valence-electron chi connectivity index (χ0n) is 19.5. The fraction of sp³-hybridized carbons (Fsp3) is 0.240. The van der Waals surface area contributed by atoms with Crippen LogP contribution in [0.1, 0.15) is 34.0 Å². The summed E-state index contributed by atoms with van der Waals surface area (Å²) in [6.45, 7) is -2.21. The van der Waals surface area contributed by atoms with Crippen molar-refractivity contribution in [3.63, 3.8) is 0 Å². The predicted octanol–water partition coefficient (Wildman–Crippen LogP) is 4.42. The molecule has 0 radical (unpaired) electrons. The third kappa shape index (κ3) is 4.91. The van der Waals surface area contributed by atoms with Gasteiger partial charge in [0.25, 0.3) is 11.5 Å². The van der Waals surface area contributed by atoms with Gasteiger partial charge in [0.15, 0.2) is 0 Å². The van der Waals surface area contributed by atoms with Gasteiger partial charge in [-0.2, -0.15) is 8.78 Å². The van der Waals surface area contributed by atoms with Crippen LogP contribution in [-0.2, 0) is 4.79 Å². The summed E-state index contributed by atoms with van der Waals surface area (Å²) in [6, 6.07) is 7.20. The highest BCUT2D eigenvalue weighted by Gasteiger charge is 2.46. The number of amides is 2. The highest BCUT2D eigenvalue weighted by atomic mass is 35.5. The molecule has 37 heavy (non-hydrogen) atoms. The van der Waals surface area contributed by atoms with Crippen LogP contribution in [0.25, 0.3) is 0 Å². The van der Waals surface area contributed by atoms with Crippen LogP contribution in [0, 0.1) is 18.6 Å². The molecule has 0 unspecified atom stereocenters. The second-order valence-corrected chi connectivity index (χ2v) is 8.79. The molecule has 3 aromatic rings. The van der Waals surface area contributed by atoms with E-state index in [1.54, 1.807) is 0 Å². The Hall–Kier alpha value is -3.86. The fourth-order valence-corrected chi connectivity index (χ4v) is 4.45. The Morgan fingerprint density at radius 3 is 2.30 bits per heavy atom. The molecule has 1 saturated heterocycles. The van der Waals surface area contributed by atoms with Gasteiger partial charge < -0.3 is 15.0 Å². The molecule has 4 rings (SSSR count). The second-order valence-electron chi connectivity index (χ2n) is 8.36. The maximum absolute atomic E-state index is 15.1. The minimum atomic E-state index is -3.18. The summed E-state index contributed by atoms with van der Waals surface area (Å²) in [4.78, 5) is 40.2. The number of nitrogens with zero attached hydrogens (tertiary/aromatic N) is 2. The number of alkyl halides is 2. The molecule has 0 bridgehead atoms. The summed E-state index contributed by atoms with van der Waals surface area (Å²) in [6.07, 6.45) is 0.881. The summed E-state index contributed by atoms with van der Waals surface area (Å²) in [5.41, 5.74) is -1.77. The summed E-state index contributed by atoms with van der Waals surface area (Å²) >= 11 is 5.85. The number of benzene rings is 2. The van der Waals surface area contributed by atoms with Crippen LogP contribution in [0.15, 0.2) is 53.5 Å². The zero-order chi connectivity index (χ0) is 27.0. The Bertz CT molecular complexity index is 1410. The number of carbonyl (C=O) groups is 2. The molecule has 0 saturated carbocycles. The van der Waals surface area contributed by atoms with Crippen molar-refractivity contribution < 1.29 is 31.9 Å². The average Bonchev–Trinajstić information content (AvgIpc) is 3.14. The molecular weight excluding hydrogens is 518 g/mol. The van der Waals surface area contributed by atoms with E-state index >= 15 is 8.78 Å². The van der Waals surface area contributed by atoms with Crippen LogP contribution in [0.3, 0.4) is 0 Å². The maximum atomic E-state index is 15.1. The van der Waals surface area contributed by atoms with Crippen molar-refractivity contribution in [2.45, 2.75) is 25.4 Å². The number of aromatic nitrogens is 1. The lowest BCUT2D eigenvalue weighted by molar-refractivity contribution is -0.118. The quantitative estimate of drug-likeness (QED) is 0.472.